The monoisotopic (exact) mass is 295 g/mol. The minimum atomic E-state index is 0.0854. The van der Waals surface area contributed by atoms with Gasteiger partial charge in [0.25, 0.3) is 0 Å². The lowest BCUT2D eigenvalue weighted by molar-refractivity contribution is -0.120. The van der Waals surface area contributed by atoms with E-state index in [1.165, 1.54) is 0 Å². The van der Waals surface area contributed by atoms with Crippen LogP contribution in [0.3, 0.4) is 0 Å². The largest absolute Gasteiger partial charge is 0.395 e. The van der Waals surface area contributed by atoms with Crippen LogP contribution in [0.5, 0.6) is 0 Å². The van der Waals surface area contributed by atoms with E-state index < -0.39 is 0 Å². The second-order valence-electron chi connectivity index (χ2n) is 4.25. The standard InChI is InChI=1S/C14H17NO2S2/c16-7-2-1-4-11-6-9-19-13(11)10-15-14(17)12-5-3-8-18-12/h6,9,12,16H,2-3,5,7-8,10H2,(H,15,17). The SMILES string of the molecule is O=C(NCc1sccc1C#CCCO)C1CCCS1. The summed E-state index contributed by atoms with van der Waals surface area (Å²) < 4.78 is 0. The van der Waals surface area contributed by atoms with Gasteiger partial charge in [0.2, 0.25) is 5.91 Å². The number of thioether (sulfide) groups is 1. The van der Waals surface area contributed by atoms with E-state index in [4.69, 9.17) is 5.11 Å². The maximum Gasteiger partial charge on any atom is 0.233 e. The third-order valence-corrected chi connectivity index (χ3v) is 5.15. The van der Waals surface area contributed by atoms with E-state index in [1.807, 2.05) is 11.4 Å². The predicted molar refractivity (Wildman–Crippen MR) is 80.2 cm³/mol. The fourth-order valence-electron chi connectivity index (χ4n) is 1.87. The number of thiophene rings is 1. The fourth-order valence-corrected chi connectivity index (χ4v) is 3.82. The molecule has 2 heterocycles. The van der Waals surface area contributed by atoms with Gasteiger partial charge in [0, 0.05) is 16.9 Å². The Bertz CT molecular complexity index is 481. The van der Waals surface area contributed by atoms with Gasteiger partial charge in [-0.3, -0.25) is 4.79 Å². The molecule has 1 aromatic rings. The van der Waals surface area contributed by atoms with Gasteiger partial charge in [-0.25, -0.2) is 0 Å². The number of rotatable bonds is 4. The minimum Gasteiger partial charge on any atom is -0.395 e. The number of amides is 1. The van der Waals surface area contributed by atoms with Crippen molar-refractivity contribution < 1.29 is 9.90 Å². The zero-order valence-corrected chi connectivity index (χ0v) is 12.3. The molecule has 1 aliphatic rings. The summed E-state index contributed by atoms with van der Waals surface area (Å²) in [7, 11) is 0. The molecule has 0 saturated carbocycles. The van der Waals surface area contributed by atoms with Gasteiger partial charge in [-0.05, 0) is 30.0 Å². The maximum absolute atomic E-state index is 11.9. The molecule has 1 fully saturated rings. The van der Waals surface area contributed by atoms with E-state index in [0.29, 0.717) is 13.0 Å². The van der Waals surface area contributed by atoms with Crippen LogP contribution in [0, 0.1) is 11.8 Å². The Hall–Kier alpha value is -0.960. The smallest absolute Gasteiger partial charge is 0.233 e. The van der Waals surface area contributed by atoms with Crippen LogP contribution in [-0.2, 0) is 11.3 Å². The van der Waals surface area contributed by atoms with E-state index in [2.05, 4.69) is 17.2 Å². The third-order valence-electron chi connectivity index (χ3n) is 2.85. The number of hydrogen-bond donors (Lipinski definition) is 2. The van der Waals surface area contributed by atoms with E-state index in [1.54, 1.807) is 23.1 Å². The number of nitrogens with one attached hydrogen (secondary N) is 1. The third kappa shape index (κ3) is 4.27. The fraction of sp³-hybridized carbons (Fsp3) is 0.500. The summed E-state index contributed by atoms with van der Waals surface area (Å²) in [5, 5.41) is 13.8. The normalized spacial score (nSPS) is 17.8. The molecule has 2 N–H and O–H groups in total. The first kappa shape index (κ1) is 14.4. The maximum atomic E-state index is 11.9. The predicted octanol–water partition coefficient (Wildman–Crippen LogP) is 1.99. The Kier molecular flexibility index (Phi) is 5.77. The Morgan fingerprint density at radius 3 is 3.21 bits per heavy atom. The highest BCUT2D eigenvalue weighted by Gasteiger charge is 2.23. The lowest BCUT2D eigenvalue weighted by atomic mass is 10.2. The molecule has 2 rings (SSSR count). The van der Waals surface area contributed by atoms with Crippen molar-refractivity contribution in [2.24, 2.45) is 0 Å². The molecule has 0 aromatic carbocycles. The zero-order chi connectivity index (χ0) is 13.5. The van der Waals surface area contributed by atoms with Crippen molar-refractivity contribution in [2.45, 2.75) is 31.1 Å². The average Bonchev–Trinajstić information content (AvgIpc) is 3.08. The molecule has 102 valence electrons. The summed E-state index contributed by atoms with van der Waals surface area (Å²) in [5.74, 6) is 7.18. The van der Waals surface area contributed by atoms with E-state index >= 15 is 0 Å². The Labute approximate surface area is 121 Å². The Morgan fingerprint density at radius 2 is 2.47 bits per heavy atom. The topological polar surface area (TPSA) is 49.3 Å². The number of hydrogen-bond acceptors (Lipinski definition) is 4. The van der Waals surface area contributed by atoms with Gasteiger partial charge >= 0.3 is 0 Å². The van der Waals surface area contributed by atoms with Crippen molar-refractivity contribution in [2.75, 3.05) is 12.4 Å². The highest BCUT2D eigenvalue weighted by atomic mass is 32.2. The van der Waals surface area contributed by atoms with Gasteiger partial charge < -0.3 is 10.4 Å². The summed E-state index contributed by atoms with van der Waals surface area (Å²) in [4.78, 5) is 13.0. The van der Waals surface area contributed by atoms with Crippen LogP contribution in [0.4, 0.5) is 0 Å². The molecule has 1 aliphatic heterocycles. The second kappa shape index (κ2) is 7.59. The van der Waals surface area contributed by atoms with Gasteiger partial charge in [0.15, 0.2) is 0 Å². The second-order valence-corrected chi connectivity index (χ2v) is 6.56. The van der Waals surface area contributed by atoms with Gasteiger partial charge in [-0.2, -0.15) is 0 Å². The van der Waals surface area contributed by atoms with Crippen LogP contribution in [0.25, 0.3) is 0 Å². The average molecular weight is 295 g/mol. The highest BCUT2D eigenvalue weighted by molar-refractivity contribution is 8.00. The molecule has 3 nitrogen and oxygen atoms in total. The molecule has 1 unspecified atom stereocenters. The number of carbonyl (C=O) groups is 1. The van der Waals surface area contributed by atoms with Crippen molar-refractivity contribution in [3.8, 4) is 11.8 Å². The van der Waals surface area contributed by atoms with Gasteiger partial charge in [-0.1, -0.05) is 11.8 Å². The van der Waals surface area contributed by atoms with Crippen LogP contribution in [-0.4, -0.2) is 28.6 Å². The van der Waals surface area contributed by atoms with Crippen molar-refractivity contribution in [1.29, 1.82) is 0 Å². The Morgan fingerprint density at radius 1 is 1.58 bits per heavy atom. The first-order valence-corrected chi connectivity index (χ1v) is 8.29. The molecule has 19 heavy (non-hydrogen) atoms. The molecule has 1 atom stereocenters. The molecule has 1 saturated heterocycles. The molecule has 0 aliphatic carbocycles. The van der Waals surface area contributed by atoms with E-state index in [9.17, 15) is 4.79 Å². The molecular weight excluding hydrogens is 278 g/mol. The summed E-state index contributed by atoms with van der Waals surface area (Å²) in [6.07, 6.45) is 2.62. The summed E-state index contributed by atoms with van der Waals surface area (Å²) in [6, 6.07) is 1.96. The number of aliphatic hydroxyl groups is 1. The first-order valence-electron chi connectivity index (χ1n) is 6.36. The van der Waals surface area contributed by atoms with Crippen molar-refractivity contribution in [1.82, 2.24) is 5.32 Å². The van der Waals surface area contributed by atoms with E-state index in [0.717, 1.165) is 29.0 Å². The van der Waals surface area contributed by atoms with Crippen molar-refractivity contribution in [3.05, 3.63) is 21.9 Å². The van der Waals surface area contributed by atoms with Crippen LogP contribution in [0.15, 0.2) is 11.4 Å². The lowest BCUT2D eigenvalue weighted by Crippen LogP contribution is -2.30. The Balaban J connectivity index is 1.87. The number of aliphatic hydroxyl groups excluding tert-OH is 1. The molecule has 0 bridgehead atoms. The highest BCUT2D eigenvalue weighted by Crippen LogP contribution is 2.26. The summed E-state index contributed by atoms with van der Waals surface area (Å²) in [6.45, 7) is 0.638. The van der Waals surface area contributed by atoms with Gasteiger partial charge in [0.1, 0.15) is 0 Å². The van der Waals surface area contributed by atoms with Crippen LogP contribution >= 0.6 is 23.1 Å². The molecule has 0 spiro atoms. The first-order chi connectivity index (χ1) is 9.31. The van der Waals surface area contributed by atoms with E-state index in [-0.39, 0.29) is 17.8 Å². The van der Waals surface area contributed by atoms with Crippen LogP contribution < -0.4 is 5.32 Å². The zero-order valence-electron chi connectivity index (χ0n) is 10.6. The molecule has 0 radical (unpaired) electrons. The quantitative estimate of drug-likeness (QED) is 0.835. The van der Waals surface area contributed by atoms with Crippen molar-refractivity contribution in [3.63, 3.8) is 0 Å². The molecule has 1 amide bonds. The molecule has 5 heteroatoms. The minimum absolute atomic E-state index is 0.0854. The number of carbonyl (C=O) groups excluding carboxylic acids is 1. The van der Waals surface area contributed by atoms with Gasteiger partial charge in [0.05, 0.1) is 18.4 Å². The van der Waals surface area contributed by atoms with Crippen LogP contribution in [0.2, 0.25) is 0 Å². The van der Waals surface area contributed by atoms with Crippen molar-refractivity contribution >= 4 is 29.0 Å². The van der Waals surface area contributed by atoms with Gasteiger partial charge in [-0.15, -0.1) is 23.1 Å². The summed E-state index contributed by atoms with van der Waals surface area (Å²) in [5.41, 5.74) is 0.956. The summed E-state index contributed by atoms with van der Waals surface area (Å²) >= 11 is 3.35. The molecular formula is C14H17NO2S2. The van der Waals surface area contributed by atoms with Crippen LogP contribution in [0.1, 0.15) is 29.7 Å². The lowest BCUT2D eigenvalue weighted by Gasteiger charge is -2.09. The molecule has 1 aromatic heterocycles.